The molecule has 1 aromatic carbocycles. The normalized spacial score (nSPS) is 15.2. The number of H-pyrrole nitrogens is 1. The highest BCUT2D eigenvalue weighted by Gasteiger charge is 2.31. The van der Waals surface area contributed by atoms with Gasteiger partial charge in [0.05, 0.1) is 12.4 Å². The molecule has 0 saturated heterocycles. The van der Waals surface area contributed by atoms with Crippen molar-refractivity contribution < 1.29 is 24.3 Å². The number of aliphatic carboxylic acids is 1. The van der Waals surface area contributed by atoms with Gasteiger partial charge in [0, 0.05) is 18.3 Å². The van der Waals surface area contributed by atoms with Crippen LogP contribution in [0.2, 0.25) is 0 Å². The highest BCUT2D eigenvalue weighted by molar-refractivity contribution is 5.94. The maximum absolute atomic E-state index is 13.0. The molecule has 11 nitrogen and oxygen atoms in total. The monoisotopic (exact) mass is 486 g/mol. The van der Waals surface area contributed by atoms with Crippen molar-refractivity contribution in [3.8, 4) is 0 Å². The number of carbonyl (C=O) groups excluding carboxylic acids is 3. The molecule has 5 unspecified atom stereocenters. The van der Waals surface area contributed by atoms with Crippen molar-refractivity contribution in [2.45, 2.75) is 64.2 Å². The van der Waals surface area contributed by atoms with E-state index in [1.54, 1.807) is 6.92 Å². The van der Waals surface area contributed by atoms with Crippen molar-refractivity contribution in [2.24, 2.45) is 11.7 Å². The number of hydrogen-bond donors (Lipinski definition) is 6. The molecule has 0 spiro atoms. The van der Waals surface area contributed by atoms with E-state index >= 15 is 0 Å². The summed E-state index contributed by atoms with van der Waals surface area (Å²) in [6.07, 6.45) is 3.84. The van der Waals surface area contributed by atoms with Crippen molar-refractivity contribution in [1.82, 2.24) is 25.9 Å². The Morgan fingerprint density at radius 1 is 1.00 bits per heavy atom. The molecule has 190 valence electrons. The summed E-state index contributed by atoms with van der Waals surface area (Å²) in [6.45, 7) is 5.02. The summed E-state index contributed by atoms with van der Waals surface area (Å²) in [5.41, 5.74) is 7.45. The minimum absolute atomic E-state index is 0.0542. The average molecular weight is 487 g/mol. The molecular formula is C24H34N6O5. The molecule has 7 N–H and O–H groups in total. The zero-order valence-corrected chi connectivity index (χ0v) is 20.2. The number of rotatable bonds is 13. The van der Waals surface area contributed by atoms with Crippen LogP contribution in [0.5, 0.6) is 0 Å². The Hall–Kier alpha value is -3.73. The maximum atomic E-state index is 13.0. The fourth-order valence-corrected chi connectivity index (χ4v) is 3.41. The lowest BCUT2D eigenvalue weighted by Crippen LogP contribution is -2.57. The number of aromatic nitrogens is 2. The maximum Gasteiger partial charge on any atom is 0.326 e. The highest BCUT2D eigenvalue weighted by atomic mass is 16.4. The minimum Gasteiger partial charge on any atom is -0.480 e. The number of nitrogens with zero attached hydrogens (tertiary/aromatic N) is 1. The molecule has 2 aromatic rings. The van der Waals surface area contributed by atoms with Gasteiger partial charge < -0.3 is 31.8 Å². The standard InChI is InChI=1S/C24H34N6O5/c1-4-14(2)20(24(34)35)30-23(33)19(11-17-12-26-13-27-17)29-21(31)15(3)28-22(32)18(25)10-16-8-6-5-7-9-16/h5-9,12-15,18-20H,4,10-11,25H2,1-3H3,(H,26,27)(H,28,32)(H,29,31)(H,30,33)(H,34,35). The number of benzene rings is 1. The first kappa shape index (κ1) is 27.5. The molecule has 0 radical (unpaired) electrons. The second-order valence-corrected chi connectivity index (χ2v) is 8.58. The number of nitrogens with one attached hydrogen (secondary N) is 4. The van der Waals surface area contributed by atoms with E-state index in [2.05, 4.69) is 25.9 Å². The van der Waals surface area contributed by atoms with Crippen molar-refractivity contribution in [1.29, 1.82) is 0 Å². The van der Waals surface area contributed by atoms with E-state index in [-0.39, 0.29) is 12.3 Å². The number of nitrogens with two attached hydrogens (primary N) is 1. The highest BCUT2D eigenvalue weighted by Crippen LogP contribution is 2.09. The van der Waals surface area contributed by atoms with Gasteiger partial charge in [0.2, 0.25) is 17.7 Å². The summed E-state index contributed by atoms with van der Waals surface area (Å²) < 4.78 is 0. The van der Waals surface area contributed by atoms with Crippen LogP contribution in [0.3, 0.4) is 0 Å². The number of carboxylic acid groups (broad SMARTS) is 1. The quantitative estimate of drug-likeness (QED) is 0.233. The first-order chi connectivity index (χ1) is 16.6. The van der Waals surface area contributed by atoms with Crippen LogP contribution in [0.25, 0.3) is 0 Å². The van der Waals surface area contributed by atoms with Gasteiger partial charge in [-0.15, -0.1) is 0 Å². The Kier molecular flexibility index (Phi) is 10.4. The predicted molar refractivity (Wildman–Crippen MR) is 129 cm³/mol. The van der Waals surface area contributed by atoms with Crippen molar-refractivity contribution >= 4 is 23.7 Å². The molecule has 0 aliphatic heterocycles. The molecule has 0 aliphatic carbocycles. The van der Waals surface area contributed by atoms with E-state index in [0.717, 1.165) is 5.56 Å². The summed E-state index contributed by atoms with van der Waals surface area (Å²) in [6, 6.07) is 5.22. The topological polar surface area (TPSA) is 179 Å². The number of carboxylic acids is 1. The van der Waals surface area contributed by atoms with Gasteiger partial charge in [-0.3, -0.25) is 14.4 Å². The number of hydrogen-bond acceptors (Lipinski definition) is 6. The Balaban J connectivity index is 2.04. The first-order valence-corrected chi connectivity index (χ1v) is 11.5. The van der Waals surface area contributed by atoms with E-state index in [9.17, 15) is 24.3 Å². The van der Waals surface area contributed by atoms with Crippen LogP contribution in [0.15, 0.2) is 42.9 Å². The lowest BCUT2D eigenvalue weighted by Gasteiger charge is -2.25. The van der Waals surface area contributed by atoms with Crippen LogP contribution < -0.4 is 21.7 Å². The molecule has 1 heterocycles. The Morgan fingerprint density at radius 2 is 1.69 bits per heavy atom. The minimum atomic E-state index is -1.16. The number of imidazole rings is 1. The molecule has 35 heavy (non-hydrogen) atoms. The summed E-state index contributed by atoms with van der Waals surface area (Å²) in [4.78, 5) is 56.7. The molecule has 5 atom stereocenters. The molecular weight excluding hydrogens is 452 g/mol. The van der Waals surface area contributed by atoms with Gasteiger partial charge in [-0.1, -0.05) is 50.6 Å². The SMILES string of the molecule is CCC(C)C(NC(=O)C(Cc1cnc[nH]1)NC(=O)C(C)NC(=O)C(N)Cc1ccccc1)C(=O)O. The fourth-order valence-electron chi connectivity index (χ4n) is 3.41. The molecule has 2 rings (SSSR count). The van der Waals surface area contributed by atoms with Gasteiger partial charge in [-0.2, -0.15) is 0 Å². The van der Waals surface area contributed by atoms with E-state index in [4.69, 9.17) is 5.73 Å². The third-order valence-corrected chi connectivity index (χ3v) is 5.78. The van der Waals surface area contributed by atoms with Crippen molar-refractivity contribution in [2.75, 3.05) is 0 Å². The van der Waals surface area contributed by atoms with E-state index in [0.29, 0.717) is 18.5 Å². The lowest BCUT2D eigenvalue weighted by atomic mass is 9.98. The van der Waals surface area contributed by atoms with Crippen LogP contribution >= 0.6 is 0 Å². The van der Waals surface area contributed by atoms with Gasteiger partial charge in [0.25, 0.3) is 0 Å². The molecule has 0 saturated carbocycles. The van der Waals surface area contributed by atoms with E-state index in [1.807, 2.05) is 37.3 Å². The molecule has 0 aliphatic rings. The van der Waals surface area contributed by atoms with Gasteiger partial charge in [0.1, 0.15) is 18.1 Å². The zero-order chi connectivity index (χ0) is 26.0. The molecule has 0 fully saturated rings. The largest absolute Gasteiger partial charge is 0.480 e. The lowest BCUT2D eigenvalue weighted by molar-refractivity contribution is -0.143. The third kappa shape index (κ3) is 8.53. The average Bonchev–Trinajstić information content (AvgIpc) is 3.34. The van der Waals surface area contributed by atoms with Gasteiger partial charge >= 0.3 is 5.97 Å². The van der Waals surface area contributed by atoms with E-state index < -0.39 is 47.9 Å². The first-order valence-electron chi connectivity index (χ1n) is 11.5. The summed E-state index contributed by atoms with van der Waals surface area (Å²) in [5.74, 6) is -3.24. The van der Waals surface area contributed by atoms with Crippen LogP contribution in [-0.2, 0) is 32.0 Å². The van der Waals surface area contributed by atoms with Crippen molar-refractivity contribution in [3.05, 3.63) is 54.1 Å². The summed E-state index contributed by atoms with van der Waals surface area (Å²) in [5, 5.41) is 17.2. The molecule has 0 bridgehead atoms. The smallest absolute Gasteiger partial charge is 0.326 e. The molecule has 3 amide bonds. The van der Waals surface area contributed by atoms with Gasteiger partial charge in [-0.05, 0) is 24.8 Å². The second-order valence-electron chi connectivity index (χ2n) is 8.58. The van der Waals surface area contributed by atoms with E-state index in [1.165, 1.54) is 19.4 Å². The number of amides is 3. The van der Waals surface area contributed by atoms with Crippen LogP contribution in [-0.4, -0.2) is 62.9 Å². The number of carbonyl (C=O) groups is 4. The van der Waals surface area contributed by atoms with Crippen LogP contribution in [0.4, 0.5) is 0 Å². The van der Waals surface area contributed by atoms with Crippen LogP contribution in [0.1, 0.15) is 38.4 Å². The molecule has 11 heteroatoms. The fraction of sp³-hybridized carbons (Fsp3) is 0.458. The van der Waals surface area contributed by atoms with Gasteiger partial charge in [-0.25, -0.2) is 9.78 Å². The Morgan fingerprint density at radius 3 is 2.26 bits per heavy atom. The zero-order valence-electron chi connectivity index (χ0n) is 20.2. The Bertz CT molecular complexity index is 982. The van der Waals surface area contributed by atoms with Crippen molar-refractivity contribution in [3.63, 3.8) is 0 Å². The Labute approximate surface area is 204 Å². The van der Waals surface area contributed by atoms with Crippen LogP contribution in [0, 0.1) is 5.92 Å². The summed E-state index contributed by atoms with van der Waals surface area (Å²) >= 11 is 0. The molecule has 1 aromatic heterocycles. The predicted octanol–water partition coefficient (Wildman–Crippen LogP) is 0.127. The number of aromatic amines is 1. The van der Waals surface area contributed by atoms with Gasteiger partial charge in [0.15, 0.2) is 0 Å². The summed E-state index contributed by atoms with van der Waals surface area (Å²) in [7, 11) is 0. The third-order valence-electron chi connectivity index (χ3n) is 5.78. The second kappa shape index (κ2) is 13.2.